The van der Waals surface area contributed by atoms with Gasteiger partial charge in [-0.1, -0.05) is 24.2 Å². The van der Waals surface area contributed by atoms with E-state index in [1.807, 2.05) is 24.0 Å². The first-order valence-electron chi connectivity index (χ1n) is 11.6. The molecule has 9 nitrogen and oxygen atoms in total. The zero-order valence-corrected chi connectivity index (χ0v) is 20.4. The molecule has 5 rings (SSSR count). The molecule has 1 aliphatic heterocycles. The molecule has 0 radical (unpaired) electrons. The van der Waals surface area contributed by atoms with E-state index in [0.29, 0.717) is 42.9 Å². The number of H-pyrrole nitrogens is 1. The summed E-state index contributed by atoms with van der Waals surface area (Å²) in [5.41, 5.74) is 2.62. The minimum Gasteiger partial charge on any atom is -0.395 e. The lowest BCUT2D eigenvalue weighted by atomic mass is 9.95. The van der Waals surface area contributed by atoms with Gasteiger partial charge in [-0.25, -0.2) is 9.37 Å². The fraction of sp³-hybridized carbons (Fsp3) is 0.280. The number of rotatable bonds is 6. The summed E-state index contributed by atoms with van der Waals surface area (Å²) in [6, 6.07) is 5.47. The van der Waals surface area contributed by atoms with E-state index in [0.717, 1.165) is 16.5 Å². The second-order valence-corrected chi connectivity index (χ2v) is 8.98. The molecule has 1 saturated heterocycles. The van der Waals surface area contributed by atoms with E-state index >= 15 is 4.39 Å². The van der Waals surface area contributed by atoms with E-state index in [-0.39, 0.29) is 41.1 Å². The van der Waals surface area contributed by atoms with Gasteiger partial charge in [0.15, 0.2) is 5.82 Å². The van der Waals surface area contributed by atoms with Crippen LogP contribution < -0.4 is 10.2 Å². The lowest BCUT2D eigenvalue weighted by Crippen LogP contribution is -2.48. The third-order valence-corrected chi connectivity index (χ3v) is 6.70. The number of hydrogen-bond acceptors (Lipinski definition) is 7. The number of aryl methyl sites for hydroxylation is 1. The third kappa shape index (κ3) is 4.12. The standard InChI is InChI=1S/C25H25ClFN7O2/c1-3-19(36)33-7-9-34(10-8-33)24-15-12-17(26)21(20-14(2)4-5-18-16(20)13-29-32-18)22(27)23(15)30-25(31-24)28-6-11-35/h3-5,12-13,35H,1,6-11H2,2H3,(H,29,32)(H,28,30,31). The molecule has 1 aliphatic rings. The van der Waals surface area contributed by atoms with E-state index < -0.39 is 5.82 Å². The largest absolute Gasteiger partial charge is 0.395 e. The Morgan fingerprint density at radius 1 is 1.25 bits per heavy atom. The molecule has 0 unspecified atom stereocenters. The van der Waals surface area contributed by atoms with Gasteiger partial charge in [0.05, 0.1) is 23.3 Å². The van der Waals surface area contributed by atoms with Crippen molar-refractivity contribution in [3.63, 3.8) is 0 Å². The fourth-order valence-corrected chi connectivity index (χ4v) is 4.91. The first-order valence-corrected chi connectivity index (χ1v) is 11.9. The first kappa shape index (κ1) is 24.0. The van der Waals surface area contributed by atoms with E-state index in [1.54, 1.807) is 17.2 Å². The minimum absolute atomic E-state index is 0.115. The van der Waals surface area contributed by atoms with Crippen LogP contribution in [0.3, 0.4) is 0 Å². The Balaban J connectivity index is 1.67. The Morgan fingerprint density at radius 2 is 2.03 bits per heavy atom. The lowest BCUT2D eigenvalue weighted by molar-refractivity contribution is -0.126. The van der Waals surface area contributed by atoms with Crippen LogP contribution in [-0.2, 0) is 4.79 Å². The summed E-state index contributed by atoms with van der Waals surface area (Å²) in [6.07, 6.45) is 2.95. The molecule has 0 bridgehead atoms. The number of nitrogens with one attached hydrogen (secondary N) is 2. The zero-order chi connectivity index (χ0) is 25.4. The Bertz CT molecular complexity index is 1480. The molecule has 1 fully saturated rings. The SMILES string of the molecule is C=CC(=O)N1CCN(c2nc(NCCO)nc3c(F)c(-c4c(C)ccc5[nH]ncc45)c(Cl)cc23)CC1. The Kier molecular flexibility index (Phi) is 6.46. The second kappa shape index (κ2) is 9.71. The van der Waals surface area contributed by atoms with Gasteiger partial charge in [0.1, 0.15) is 11.3 Å². The van der Waals surface area contributed by atoms with Crippen molar-refractivity contribution < 1.29 is 14.3 Å². The highest BCUT2D eigenvalue weighted by Gasteiger charge is 2.26. The molecule has 2 aromatic carbocycles. The molecule has 0 saturated carbocycles. The van der Waals surface area contributed by atoms with Gasteiger partial charge in [-0.05, 0) is 30.7 Å². The average molecular weight is 510 g/mol. The third-order valence-electron chi connectivity index (χ3n) is 6.41. The number of fused-ring (bicyclic) bond motifs is 2. The summed E-state index contributed by atoms with van der Waals surface area (Å²) >= 11 is 6.74. The van der Waals surface area contributed by atoms with Crippen LogP contribution in [0.25, 0.3) is 32.9 Å². The maximum Gasteiger partial charge on any atom is 0.246 e. The Hall–Kier alpha value is -3.76. The minimum atomic E-state index is -0.564. The van der Waals surface area contributed by atoms with Gasteiger partial charge < -0.3 is 20.2 Å². The molecule has 4 aromatic rings. The highest BCUT2D eigenvalue weighted by Crippen LogP contribution is 2.42. The summed E-state index contributed by atoms with van der Waals surface area (Å²) in [7, 11) is 0. The van der Waals surface area contributed by atoms with Gasteiger partial charge in [0.2, 0.25) is 11.9 Å². The van der Waals surface area contributed by atoms with Gasteiger partial charge in [0.25, 0.3) is 0 Å². The van der Waals surface area contributed by atoms with Crippen molar-refractivity contribution in [2.45, 2.75) is 6.92 Å². The number of amides is 1. The van der Waals surface area contributed by atoms with Crippen molar-refractivity contribution in [3.05, 3.63) is 53.5 Å². The number of aromatic nitrogens is 4. The van der Waals surface area contributed by atoms with Gasteiger partial charge in [-0.15, -0.1) is 0 Å². The van der Waals surface area contributed by atoms with Crippen LogP contribution in [0, 0.1) is 12.7 Å². The number of halogens is 2. The monoisotopic (exact) mass is 509 g/mol. The smallest absolute Gasteiger partial charge is 0.246 e. The van der Waals surface area contributed by atoms with Crippen LogP contribution in [0.2, 0.25) is 5.02 Å². The maximum atomic E-state index is 16.3. The molecule has 186 valence electrons. The number of anilines is 2. The molecule has 3 heterocycles. The number of aromatic amines is 1. The van der Waals surface area contributed by atoms with Crippen molar-refractivity contribution in [2.24, 2.45) is 0 Å². The number of aliphatic hydroxyl groups excluding tert-OH is 1. The summed E-state index contributed by atoms with van der Waals surface area (Å²) < 4.78 is 16.3. The van der Waals surface area contributed by atoms with Gasteiger partial charge >= 0.3 is 0 Å². The molecule has 2 aromatic heterocycles. The highest BCUT2D eigenvalue weighted by atomic mass is 35.5. The molecule has 0 atom stereocenters. The topological polar surface area (TPSA) is 110 Å². The molecule has 11 heteroatoms. The quantitative estimate of drug-likeness (QED) is 0.341. The van der Waals surface area contributed by atoms with Crippen LogP contribution in [0.4, 0.5) is 16.2 Å². The van der Waals surface area contributed by atoms with Crippen LogP contribution in [-0.4, -0.2) is 75.4 Å². The summed E-state index contributed by atoms with van der Waals surface area (Å²) in [5.74, 6) is 0.0128. The Morgan fingerprint density at radius 3 is 2.75 bits per heavy atom. The number of piperazine rings is 1. The lowest BCUT2D eigenvalue weighted by Gasteiger charge is -2.35. The number of nitrogens with zero attached hydrogens (tertiary/aromatic N) is 5. The van der Waals surface area contributed by atoms with Gasteiger partial charge in [-0.3, -0.25) is 9.89 Å². The van der Waals surface area contributed by atoms with Crippen LogP contribution >= 0.6 is 11.6 Å². The summed E-state index contributed by atoms with van der Waals surface area (Å²) in [4.78, 5) is 24.8. The van der Waals surface area contributed by atoms with Gasteiger partial charge in [0, 0.05) is 54.6 Å². The van der Waals surface area contributed by atoms with E-state index in [2.05, 4.69) is 32.1 Å². The van der Waals surface area contributed by atoms with Crippen molar-refractivity contribution in [3.8, 4) is 11.1 Å². The van der Waals surface area contributed by atoms with Crippen molar-refractivity contribution in [1.29, 1.82) is 0 Å². The highest BCUT2D eigenvalue weighted by molar-refractivity contribution is 6.35. The van der Waals surface area contributed by atoms with E-state index in [9.17, 15) is 9.90 Å². The van der Waals surface area contributed by atoms with Gasteiger partial charge in [-0.2, -0.15) is 10.1 Å². The average Bonchev–Trinajstić information content (AvgIpc) is 3.37. The summed E-state index contributed by atoms with van der Waals surface area (Å²) in [6.45, 7) is 7.48. The molecule has 0 spiro atoms. The fourth-order valence-electron chi connectivity index (χ4n) is 4.62. The number of carbonyl (C=O) groups is 1. The Labute approximate surface area is 211 Å². The number of hydrogen-bond donors (Lipinski definition) is 3. The second-order valence-electron chi connectivity index (χ2n) is 8.57. The van der Waals surface area contributed by atoms with Crippen molar-refractivity contribution in [1.82, 2.24) is 25.1 Å². The predicted octanol–water partition coefficient (Wildman–Crippen LogP) is 3.51. The van der Waals surface area contributed by atoms with E-state index in [4.69, 9.17) is 11.6 Å². The molecule has 1 amide bonds. The molecule has 36 heavy (non-hydrogen) atoms. The number of carbonyl (C=O) groups excluding carboxylic acids is 1. The summed E-state index contributed by atoms with van der Waals surface area (Å²) in [5, 5.41) is 20.7. The number of benzene rings is 2. The molecule has 3 N–H and O–H groups in total. The number of aliphatic hydroxyl groups is 1. The molecular formula is C25H25ClFN7O2. The zero-order valence-electron chi connectivity index (χ0n) is 19.7. The van der Waals surface area contributed by atoms with E-state index in [1.165, 1.54) is 6.08 Å². The van der Waals surface area contributed by atoms with Crippen LogP contribution in [0.15, 0.2) is 37.1 Å². The maximum absolute atomic E-state index is 16.3. The first-order chi connectivity index (χ1) is 17.4. The molecule has 0 aliphatic carbocycles. The van der Waals surface area contributed by atoms with Crippen molar-refractivity contribution >= 4 is 51.1 Å². The molecular weight excluding hydrogens is 485 g/mol. The van der Waals surface area contributed by atoms with Crippen LogP contribution in [0.1, 0.15) is 5.56 Å². The van der Waals surface area contributed by atoms with Crippen molar-refractivity contribution in [2.75, 3.05) is 49.5 Å². The predicted molar refractivity (Wildman–Crippen MR) is 139 cm³/mol. The van der Waals surface area contributed by atoms with Crippen LogP contribution in [0.5, 0.6) is 0 Å². The normalized spacial score (nSPS) is 14.0.